The smallest absolute Gasteiger partial charge is 0.116 e. The summed E-state index contributed by atoms with van der Waals surface area (Å²) in [5.41, 5.74) is 1.21. The van der Waals surface area contributed by atoms with Crippen molar-refractivity contribution in [1.82, 2.24) is 15.0 Å². The number of hydrogen-bond acceptors (Lipinski definition) is 4. The first-order chi connectivity index (χ1) is 5.92. The van der Waals surface area contributed by atoms with Crippen molar-refractivity contribution in [3.05, 3.63) is 30.5 Å². The second-order valence-corrected chi connectivity index (χ2v) is 2.25. The van der Waals surface area contributed by atoms with E-state index in [0.717, 1.165) is 5.39 Å². The van der Waals surface area contributed by atoms with Gasteiger partial charge in [-0.05, 0) is 0 Å². The summed E-state index contributed by atoms with van der Waals surface area (Å²) in [4.78, 5) is 11.7. The number of nitriles is 1. The molecular weight excluding hydrogens is 152 g/mol. The summed E-state index contributed by atoms with van der Waals surface area (Å²) in [6.07, 6.45) is 6.16. The highest BCUT2D eigenvalue weighted by Crippen LogP contribution is 2.11. The van der Waals surface area contributed by atoms with Crippen molar-refractivity contribution in [3.8, 4) is 6.07 Å². The lowest BCUT2D eigenvalue weighted by atomic mass is 10.2. The fourth-order valence-electron chi connectivity index (χ4n) is 0.991. The lowest BCUT2D eigenvalue weighted by molar-refractivity contribution is 1.20. The van der Waals surface area contributed by atoms with Crippen molar-refractivity contribution in [2.75, 3.05) is 0 Å². The zero-order valence-corrected chi connectivity index (χ0v) is 6.10. The molecule has 0 amide bonds. The van der Waals surface area contributed by atoms with E-state index in [-0.39, 0.29) is 0 Å². The van der Waals surface area contributed by atoms with Crippen LogP contribution in [0.15, 0.2) is 24.9 Å². The predicted octanol–water partition coefficient (Wildman–Crippen LogP) is 0.896. The third-order valence-corrected chi connectivity index (χ3v) is 1.55. The van der Waals surface area contributed by atoms with Crippen LogP contribution in [-0.4, -0.2) is 15.0 Å². The normalized spacial score (nSPS) is 9.58. The van der Waals surface area contributed by atoms with Gasteiger partial charge in [0, 0.05) is 17.8 Å². The third-order valence-electron chi connectivity index (χ3n) is 1.55. The van der Waals surface area contributed by atoms with Crippen molar-refractivity contribution in [1.29, 1.82) is 5.26 Å². The van der Waals surface area contributed by atoms with E-state index in [2.05, 4.69) is 15.0 Å². The maximum atomic E-state index is 8.69. The van der Waals surface area contributed by atoms with Crippen molar-refractivity contribution in [3.63, 3.8) is 0 Å². The molecule has 0 fully saturated rings. The zero-order valence-electron chi connectivity index (χ0n) is 6.10. The second kappa shape index (κ2) is 2.55. The Morgan fingerprint density at radius 2 is 2.08 bits per heavy atom. The van der Waals surface area contributed by atoms with Crippen LogP contribution in [0.4, 0.5) is 0 Å². The Balaban J connectivity index is 2.91. The molecule has 0 saturated heterocycles. The quantitative estimate of drug-likeness (QED) is 0.568. The number of pyridine rings is 1. The zero-order chi connectivity index (χ0) is 8.39. The van der Waals surface area contributed by atoms with Gasteiger partial charge in [0.05, 0.1) is 17.3 Å². The molecule has 2 heterocycles. The summed E-state index contributed by atoms with van der Waals surface area (Å²) < 4.78 is 0. The largest absolute Gasteiger partial charge is 0.261 e. The van der Waals surface area contributed by atoms with E-state index in [1.165, 1.54) is 12.5 Å². The first-order valence-electron chi connectivity index (χ1n) is 3.35. The van der Waals surface area contributed by atoms with E-state index in [9.17, 15) is 0 Å². The molecule has 0 saturated carbocycles. The van der Waals surface area contributed by atoms with Gasteiger partial charge in [-0.25, -0.2) is 9.97 Å². The van der Waals surface area contributed by atoms with E-state index in [1.54, 1.807) is 12.4 Å². The first kappa shape index (κ1) is 6.68. The Morgan fingerprint density at radius 3 is 2.92 bits per heavy atom. The van der Waals surface area contributed by atoms with E-state index >= 15 is 0 Å². The Kier molecular flexibility index (Phi) is 1.42. The van der Waals surface area contributed by atoms with E-state index in [4.69, 9.17) is 5.26 Å². The maximum Gasteiger partial charge on any atom is 0.116 e. The van der Waals surface area contributed by atoms with Crippen LogP contribution in [0.1, 0.15) is 5.56 Å². The summed E-state index contributed by atoms with van der Waals surface area (Å²) >= 11 is 0. The van der Waals surface area contributed by atoms with Gasteiger partial charge in [0.1, 0.15) is 12.4 Å². The summed E-state index contributed by atoms with van der Waals surface area (Å²) in [5.74, 6) is 0. The van der Waals surface area contributed by atoms with Gasteiger partial charge in [0.15, 0.2) is 0 Å². The summed E-state index contributed by atoms with van der Waals surface area (Å²) in [6.45, 7) is 0. The molecule has 2 rings (SSSR count). The van der Waals surface area contributed by atoms with Gasteiger partial charge in [-0.15, -0.1) is 0 Å². The molecule has 0 aromatic carbocycles. The van der Waals surface area contributed by atoms with Crippen LogP contribution in [0, 0.1) is 11.3 Å². The number of rotatable bonds is 0. The summed E-state index contributed by atoms with van der Waals surface area (Å²) in [6, 6.07) is 2.03. The van der Waals surface area contributed by atoms with Gasteiger partial charge in [-0.3, -0.25) is 4.98 Å². The minimum atomic E-state index is 0.508. The standard InChI is InChI=1S/C8H4N4/c9-1-6-2-10-4-8-7(6)3-11-5-12-8/h2-5H. The number of aromatic nitrogens is 3. The molecule has 0 bridgehead atoms. The monoisotopic (exact) mass is 156 g/mol. The molecule has 0 aliphatic carbocycles. The summed E-state index contributed by atoms with van der Waals surface area (Å²) in [7, 11) is 0. The van der Waals surface area contributed by atoms with Crippen LogP contribution in [0.3, 0.4) is 0 Å². The van der Waals surface area contributed by atoms with Gasteiger partial charge in [0.25, 0.3) is 0 Å². The molecule has 0 aliphatic heterocycles. The number of hydrogen-bond donors (Lipinski definition) is 0. The SMILES string of the molecule is N#Cc1cncc2ncncc12. The average molecular weight is 156 g/mol. The fraction of sp³-hybridized carbons (Fsp3) is 0. The highest BCUT2D eigenvalue weighted by molar-refractivity contribution is 5.82. The topological polar surface area (TPSA) is 62.5 Å². The molecule has 0 unspecified atom stereocenters. The molecule has 0 spiro atoms. The number of nitrogens with zero attached hydrogens (tertiary/aromatic N) is 4. The minimum Gasteiger partial charge on any atom is -0.261 e. The first-order valence-corrected chi connectivity index (χ1v) is 3.35. The van der Waals surface area contributed by atoms with E-state index < -0.39 is 0 Å². The molecule has 0 aliphatic rings. The van der Waals surface area contributed by atoms with Gasteiger partial charge in [-0.1, -0.05) is 0 Å². The lowest BCUT2D eigenvalue weighted by Gasteiger charge is -1.94. The Labute approximate surface area is 68.5 Å². The van der Waals surface area contributed by atoms with Crippen molar-refractivity contribution < 1.29 is 0 Å². The van der Waals surface area contributed by atoms with Crippen molar-refractivity contribution in [2.45, 2.75) is 0 Å². The van der Waals surface area contributed by atoms with Gasteiger partial charge >= 0.3 is 0 Å². The van der Waals surface area contributed by atoms with Crippen LogP contribution < -0.4 is 0 Å². The van der Waals surface area contributed by atoms with Crippen LogP contribution >= 0.6 is 0 Å². The summed E-state index contributed by atoms with van der Waals surface area (Å²) in [5, 5.41) is 9.44. The highest BCUT2D eigenvalue weighted by Gasteiger charge is 1.99. The second-order valence-electron chi connectivity index (χ2n) is 2.25. The Bertz CT molecular complexity index is 453. The molecule has 0 N–H and O–H groups in total. The van der Waals surface area contributed by atoms with E-state index in [1.807, 2.05) is 6.07 Å². The van der Waals surface area contributed by atoms with Gasteiger partial charge < -0.3 is 0 Å². The van der Waals surface area contributed by atoms with Crippen LogP contribution in [0.25, 0.3) is 10.9 Å². The van der Waals surface area contributed by atoms with Crippen LogP contribution in [-0.2, 0) is 0 Å². The minimum absolute atomic E-state index is 0.508. The average Bonchev–Trinajstić information content (AvgIpc) is 2.17. The molecular formula is C8H4N4. The molecule has 12 heavy (non-hydrogen) atoms. The molecule has 2 aromatic heterocycles. The molecule has 0 radical (unpaired) electrons. The van der Waals surface area contributed by atoms with Crippen LogP contribution in [0.5, 0.6) is 0 Å². The predicted molar refractivity (Wildman–Crippen MR) is 42.0 cm³/mol. The lowest BCUT2D eigenvalue weighted by Crippen LogP contribution is -1.86. The Morgan fingerprint density at radius 1 is 1.17 bits per heavy atom. The van der Waals surface area contributed by atoms with Gasteiger partial charge in [0.2, 0.25) is 0 Å². The molecule has 4 heteroatoms. The number of fused-ring (bicyclic) bond motifs is 1. The highest BCUT2D eigenvalue weighted by atomic mass is 14.8. The molecule has 0 atom stereocenters. The third kappa shape index (κ3) is 0.883. The van der Waals surface area contributed by atoms with E-state index in [0.29, 0.717) is 11.1 Å². The van der Waals surface area contributed by atoms with Crippen LogP contribution in [0.2, 0.25) is 0 Å². The fourth-order valence-corrected chi connectivity index (χ4v) is 0.991. The molecule has 2 aromatic rings. The molecule has 56 valence electrons. The maximum absolute atomic E-state index is 8.69. The van der Waals surface area contributed by atoms with Crippen molar-refractivity contribution in [2.24, 2.45) is 0 Å². The Hall–Kier alpha value is -2.02. The van der Waals surface area contributed by atoms with Crippen molar-refractivity contribution >= 4 is 10.9 Å². The molecule has 4 nitrogen and oxygen atoms in total. The van der Waals surface area contributed by atoms with Gasteiger partial charge in [-0.2, -0.15) is 5.26 Å².